The zero-order chi connectivity index (χ0) is 14.0. The van der Waals surface area contributed by atoms with Gasteiger partial charge in [0.25, 0.3) is 0 Å². The van der Waals surface area contributed by atoms with Gasteiger partial charge in [0, 0.05) is 24.1 Å². The summed E-state index contributed by atoms with van der Waals surface area (Å²) in [5, 5.41) is 0.952. The molecule has 1 aromatic heterocycles. The second-order valence-electron chi connectivity index (χ2n) is 3.79. The van der Waals surface area contributed by atoms with Gasteiger partial charge in [0.05, 0.1) is 0 Å². The summed E-state index contributed by atoms with van der Waals surface area (Å²) < 4.78 is 5.47. The van der Waals surface area contributed by atoms with Crippen molar-refractivity contribution in [3.8, 4) is 11.8 Å². The third-order valence-corrected chi connectivity index (χ3v) is 2.63. The number of nitrogens with zero attached hydrogens (tertiary/aromatic N) is 4. The summed E-state index contributed by atoms with van der Waals surface area (Å²) in [4.78, 5) is 13.6. The molecule has 0 aliphatic heterocycles. The molecule has 0 spiro atoms. The number of halogens is 3. The monoisotopic (exact) mass is 318 g/mol. The summed E-state index contributed by atoms with van der Waals surface area (Å²) in [6.07, 6.45) is 0. The van der Waals surface area contributed by atoms with E-state index >= 15 is 0 Å². The SMILES string of the molecule is CN(C)c1nc(Cl)nc(Oc2cc(Cl)cc(Cl)c2)n1. The predicted molar refractivity (Wildman–Crippen MR) is 75.7 cm³/mol. The number of ether oxygens (including phenoxy) is 1. The van der Waals surface area contributed by atoms with Crippen LogP contribution in [0, 0.1) is 0 Å². The first-order valence-corrected chi connectivity index (χ1v) is 6.30. The minimum Gasteiger partial charge on any atom is -0.424 e. The molecule has 1 aromatic carbocycles. The Labute approximate surface area is 125 Å². The number of rotatable bonds is 3. The number of anilines is 1. The van der Waals surface area contributed by atoms with Crippen LogP contribution in [0.25, 0.3) is 0 Å². The Morgan fingerprint density at radius 3 is 2.16 bits per heavy atom. The Morgan fingerprint density at radius 1 is 0.947 bits per heavy atom. The van der Waals surface area contributed by atoms with Crippen LogP contribution in [0.15, 0.2) is 18.2 Å². The van der Waals surface area contributed by atoms with E-state index in [4.69, 9.17) is 39.5 Å². The van der Waals surface area contributed by atoms with E-state index in [9.17, 15) is 0 Å². The second-order valence-corrected chi connectivity index (χ2v) is 5.00. The van der Waals surface area contributed by atoms with Crippen LogP contribution >= 0.6 is 34.8 Å². The third-order valence-electron chi connectivity index (χ3n) is 2.02. The molecule has 5 nitrogen and oxygen atoms in total. The summed E-state index contributed by atoms with van der Waals surface area (Å²) in [7, 11) is 3.57. The molecule has 0 N–H and O–H groups in total. The molecule has 0 bridgehead atoms. The van der Waals surface area contributed by atoms with Gasteiger partial charge in [-0.25, -0.2) is 0 Å². The van der Waals surface area contributed by atoms with Crippen LogP contribution in [0.4, 0.5) is 5.95 Å². The van der Waals surface area contributed by atoms with Gasteiger partial charge in [-0.2, -0.15) is 15.0 Å². The van der Waals surface area contributed by atoms with Crippen LogP contribution in [0.3, 0.4) is 0 Å². The van der Waals surface area contributed by atoms with Crippen LogP contribution in [0.2, 0.25) is 15.3 Å². The normalized spacial score (nSPS) is 10.4. The molecule has 1 heterocycles. The van der Waals surface area contributed by atoms with E-state index in [1.54, 1.807) is 37.2 Å². The summed E-state index contributed by atoms with van der Waals surface area (Å²) >= 11 is 17.6. The van der Waals surface area contributed by atoms with Gasteiger partial charge in [-0.1, -0.05) is 23.2 Å². The molecule has 0 radical (unpaired) electrons. The first kappa shape index (κ1) is 14.1. The zero-order valence-electron chi connectivity index (χ0n) is 10.1. The lowest BCUT2D eigenvalue weighted by Crippen LogP contribution is -2.13. The average molecular weight is 320 g/mol. The summed E-state index contributed by atoms with van der Waals surface area (Å²) in [5.41, 5.74) is 0. The molecule has 0 unspecified atom stereocenters. The fraction of sp³-hybridized carbons (Fsp3) is 0.182. The van der Waals surface area contributed by atoms with E-state index in [0.717, 1.165) is 0 Å². The average Bonchev–Trinajstić information content (AvgIpc) is 2.26. The van der Waals surface area contributed by atoms with Gasteiger partial charge in [-0.3, -0.25) is 0 Å². The van der Waals surface area contributed by atoms with E-state index in [1.165, 1.54) is 0 Å². The highest BCUT2D eigenvalue weighted by Crippen LogP contribution is 2.27. The molecular weight excluding hydrogens is 311 g/mol. The maximum absolute atomic E-state index is 5.88. The quantitative estimate of drug-likeness (QED) is 0.863. The minimum atomic E-state index is 0.0434. The maximum Gasteiger partial charge on any atom is 0.328 e. The topological polar surface area (TPSA) is 51.1 Å². The van der Waals surface area contributed by atoms with Crippen molar-refractivity contribution in [1.82, 2.24) is 15.0 Å². The maximum atomic E-state index is 5.88. The summed E-state index contributed by atoms with van der Waals surface area (Å²) in [5.74, 6) is 0.813. The molecule has 2 rings (SSSR count). The Balaban J connectivity index is 2.32. The second kappa shape index (κ2) is 5.77. The molecule has 8 heteroatoms. The molecule has 19 heavy (non-hydrogen) atoms. The molecule has 0 aliphatic rings. The van der Waals surface area contributed by atoms with E-state index in [1.807, 2.05) is 0 Å². The van der Waals surface area contributed by atoms with Gasteiger partial charge < -0.3 is 9.64 Å². The van der Waals surface area contributed by atoms with Gasteiger partial charge in [-0.05, 0) is 29.8 Å². The third kappa shape index (κ3) is 3.83. The van der Waals surface area contributed by atoms with Crippen molar-refractivity contribution in [3.05, 3.63) is 33.5 Å². The van der Waals surface area contributed by atoms with Crippen LogP contribution in [0.5, 0.6) is 11.8 Å². The van der Waals surface area contributed by atoms with Crippen LogP contribution in [-0.4, -0.2) is 29.0 Å². The van der Waals surface area contributed by atoms with Crippen LogP contribution < -0.4 is 9.64 Å². The molecule has 0 saturated carbocycles. The first-order chi connectivity index (χ1) is 8.94. The molecule has 2 aromatic rings. The van der Waals surface area contributed by atoms with Gasteiger partial charge >= 0.3 is 6.01 Å². The lowest BCUT2D eigenvalue weighted by atomic mass is 10.3. The number of aromatic nitrogens is 3. The highest BCUT2D eigenvalue weighted by molar-refractivity contribution is 6.34. The van der Waals surface area contributed by atoms with Crippen molar-refractivity contribution in [1.29, 1.82) is 0 Å². The van der Waals surface area contributed by atoms with Gasteiger partial charge in [0.2, 0.25) is 11.2 Å². The van der Waals surface area contributed by atoms with E-state index in [2.05, 4.69) is 15.0 Å². The van der Waals surface area contributed by atoms with Crippen molar-refractivity contribution in [3.63, 3.8) is 0 Å². The van der Waals surface area contributed by atoms with Crippen molar-refractivity contribution in [2.24, 2.45) is 0 Å². The van der Waals surface area contributed by atoms with E-state index < -0.39 is 0 Å². The fourth-order valence-corrected chi connectivity index (χ4v) is 1.91. The van der Waals surface area contributed by atoms with E-state index in [0.29, 0.717) is 21.7 Å². The summed E-state index contributed by atoms with van der Waals surface area (Å²) in [6.45, 7) is 0. The smallest absolute Gasteiger partial charge is 0.328 e. The Morgan fingerprint density at radius 2 is 1.58 bits per heavy atom. The number of hydrogen-bond donors (Lipinski definition) is 0. The number of benzene rings is 1. The van der Waals surface area contributed by atoms with Gasteiger partial charge in [0.15, 0.2) is 0 Å². The highest BCUT2D eigenvalue weighted by Gasteiger charge is 2.09. The molecule has 0 atom stereocenters. The van der Waals surface area contributed by atoms with Crippen LogP contribution in [-0.2, 0) is 0 Å². The standard InChI is InChI=1S/C11H9Cl3N4O/c1-18(2)10-15-9(14)16-11(17-10)19-8-4-6(12)3-7(13)5-8/h3-5H,1-2H3. The van der Waals surface area contributed by atoms with Crippen molar-refractivity contribution < 1.29 is 4.74 Å². The largest absolute Gasteiger partial charge is 0.424 e. The molecule has 0 aliphatic carbocycles. The minimum absolute atomic E-state index is 0.0434. The molecule has 0 fully saturated rings. The lowest BCUT2D eigenvalue weighted by molar-refractivity contribution is 0.440. The highest BCUT2D eigenvalue weighted by atomic mass is 35.5. The lowest BCUT2D eigenvalue weighted by Gasteiger charge is -2.11. The van der Waals surface area contributed by atoms with Crippen molar-refractivity contribution in [2.45, 2.75) is 0 Å². The van der Waals surface area contributed by atoms with Gasteiger partial charge in [-0.15, -0.1) is 0 Å². The fourth-order valence-electron chi connectivity index (χ4n) is 1.26. The van der Waals surface area contributed by atoms with Crippen molar-refractivity contribution in [2.75, 3.05) is 19.0 Å². The van der Waals surface area contributed by atoms with Gasteiger partial charge in [0.1, 0.15) is 5.75 Å². The van der Waals surface area contributed by atoms with E-state index in [-0.39, 0.29) is 11.3 Å². The first-order valence-electron chi connectivity index (χ1n) is 5.17. The molecule has 0 saturated heterocycles. The van der Waals surface area contributed by atoms with Crippen LogP contribution in [0.1, 0.15) is 0 Å². The van der Waals surface area contributed by atoms with Crippen molar-refractivity contribution >= 4 is 40.8 Å². The Bertz CT molecular complexity index is 586. The molecular formula is C11H9Cl3N4O. The molecule has 100 valence electrons. The molecule has 0 amide bonds. The summed E-state index contributed by atoms with van der Waals surface area (Å²) in [6, 6.07) is 4.87. The Kier molecular flexibility index (Phi) is 4.29. The zero-order valence-corrected chi connectivity index (χ0v) is 12.3. The predicted octanol–water partition coefficient (Wildman–Crippen LogP) is 3.69. The number of hydrogen-bond acceptors (Lipinski definition) is 5. The Hall–Kier alpha value is -1.30.